The summed E-state index contributed by atoms with van der Waals surface area (Å²) < 4.78 is 6.41. The monoisotopic (exact) mass is 323 g/mol. The van der Waals surface area contributed by atoms with Crippen molar-refractivity contribution in [1.29, 1.82) is 0 Å². The van der Waals surface area contributed by atoms with Gasteiger partial charge in [-0.3, -0.25) is 5.10 Å². The molecule has 0 saturated carbocycles. The molecule has 0 aliphatic rings. The highest BCUT2D eigenvalue weighted by Gasteiger charge is 2.17. The quantitative estimate of drug-likeness (QED) is 0.903. The number of aromatic nitrogens is 2. The normalized spacial score (nSPS) is 11.0. The third-order valence-electron chi connectivity index (χ3n) is 2.94. The van der Waals surface area contributed by atoms with Gasteiger partial charge in [0.05, 0.1) is 12.8 Å². The number of nitrogens with two attached hydrogens (primary N) is 1. The van der Waals surface area contributed by atoms with Crippen LogP contribution in [-0.4, -0.2) is 17.3 Å². The van der Waals surface area contributed by atoms with Crippen molar-refractivity contribution in [2.24, 2.45) is 5.92 Å². The van der Waals surface area contributed by atoms with Gasteiger partial charge in [-0.2, -0.15) is 5.10 Å². The standard InChI is InChI=1S/C14H18BrN3O/c1-8(2)6-11-13(17-18-14(11)16)10-5-4-9(15)7-12(10)19-3/h4-5,7-8H,6H2,1-3H3,(H3,16,17,18). The Morgan fingerprint density at radius 1 is 1.42 bits per heavy atom. The molecule has 0 amide bonds. The van der Waals surface area contributed by atoms with Crippen LogP contribution in [0.4, 0.5) is 5.82 Å². The van der Waals surface area contributed by atoms with Gasteiger partial charge in [-0.15, -0.1) is 0 Å². The fraction of sp³-hybridized carbons (Fsp3) is 0.357. The minimum absolute atomic E-state index is 0.514. The molecule has 0 aliphatic carbocycles. The fourth-order valence-corrected chi connectivity index (χ4v) is 2.43. The lowest BCUT2D eigenvalue weighted by molar-refractivity contribution is 0.416. The SMILES string of the molecule is COc1cc(Br)ccc1-c1[nH]nc(N)c1CC(C)C. The van der Waals surface area contributed by atoms with E-state index in [1.165, 1.54) is 0 Å². The van der Waals surface area contributed by atoms with Gasteiger partial charge in [-0.1, -0.05) is 29.8 Å². The molecular weight excluding hydrogens is 306 g/mol. The van der Waals surface area contributed by atoms with Gasteiger partial charge in [0.1, 0.15) is 11.6 Å². The van der Waals surface area contributed by atoms with Gasteiger partial charge in [0, 0.05) is 15.6 Å². The minimum atomic E-state index is 0.514. The van der Waals surface area contributed by atoms with E-state index < -0.39 is 0 Å². The molecule has 0 bridgehead atoms. The van der Waals surface area contributed by atoms with Gasteiger partial charge in [0.25, 0.3) is 0 Å². The number of ether oxygens (including phenoxy) is 1. The molecule has 1 aromatic heterocycles. The molecule has 3 N–H and O–H groups in total. The van der Waals surface area contributed by atoms with Crippen LogP contribution in [0.1, 0.15) is 19.4 Å². The number of methoxy groups -OCH3 is 1. The molecule has 0 spiro atoms. The van der Waals surface area contributed by atoms with Crippen molar-refractivity contribution in [2.75, 3.05) is 12.8 Å². The van der Waals surface area contributed by atoms with Crippen LogP contribution in [0.3, 0.4) is 0 Å². The second-order valence-corrected chi connectivity index (χ2v) is 5.82. The first-order valence-corrected chi connectivity index (χ1v) is 6.98. The Hall–Kier alpha value is -1.49. The van der Waals surface area contributed by atoms with Crippen LogP contribution in [0.25, 0.3) is 11.3 Å². The summed E-state index contributed by atoms with van der Waals surface area (Å²) in [6.07, 6.45) is 0.886. The van der Waals surface area contributed by atoms with E-state index in [1.807, 2.05) is 18.2 Å². The first-order valence-electron chi connectivity index (χ1n) is 6.19. The largest absolute Gasteiger partial charge is 0.496 e. The van der Waals surface area contributed by atoms with Gasteiger partial charge >= 0.3 is 0 Å². The number of benzene rings is 1. The van der Waals surface area contributed by atoms with Crippen molar-refractivity contribution in [2.45, 2.75) is 20.3 Å². The highest BCUT2D eigenvalue weighted by molar-refractivity contribution is 9.10. The minimum Gasteiger partial charge on any atom is -0.496 e. The Labute approximate surface area is 121 Å². The van der Waals surface area contributed by atoms with E-state index in [9.17, 15) is 0 Å². The molecule has 0 radical (unpaired) electrons. The van der Waals surface area contributed by atoms with Gasteiger partial charge in [-0.25, -0.2) is 0 Å². The van der Waals surface area contributed by atoms with E-state index in [0.29, 0.717) is 11.7 Å². The summed E-state index contributed by atoms with van der Waals surface area (Å²) in [5.74, 6) is 1.87. The molecule has 1 heterocycles. The first-order chi connectivity index (χ1) is 9.02. The molecule has 0 unspecified atom stereocenters. The number of hydrogen-bond donors (Lipinski definition) is 2. The number of H-pyrrole nitrogens is 1. The molecule has 0 fully saturated rings. The van der Waals surface area contributed by atoms with Crippen LogP contribution < -0.4 is 10.5 Å². The molecular formula is C14H18BrN3O. The smallest absolute Gasteiger partial charge is 0.149 e. The Balaban J connectivity index is 2.53. The lowest BCUT2D eigenvalue weighted by Gasteiger charge is -2.11. The maximum atomic E-state index is 5.96. The summed E-state index contributed by atoms with van der Waals surface area (Å²) in [5.41, 5.74) is 8.93. The number of nitrogen functional groups attached to an aromatic ring is 1. The number of anilines is 1. The van der Waals surface area contributed by atoms with Crippen molar-refractivity contribution < 1.29 is 4.74 Å². The number of aromatic amines is 1. The van der Waals surface area contributed by atoms with Crippen LogP contribution in [0, 0.1) is 5.92 Å². The van der Waals surface area contributed by atoms with Gasteiger partial charge in [-0.05, 0) is 30.5 Å². The summed E-state index contributed by atoms with van der Waals surface area (Å²) in [6, 6.07) is 5.92. The first kappa shape index (κ1) is 13.9. The van der Waals surface area contributed by atoms with E-state index in [-0.39, 0.29) is 0 Å². The van der Waals surface area contributed by atoms with E-state index in [0.717, 1.165) is 33.5 Å². The highest BCUT2D eigenvalue weighted by atomic mass is 79.9. The lowest BCUT2D eigenvalue weighted by Crippen LogP contribution is -1.99. The van der Waals surface area contributed by atoms with E-state index in [4.69, 9.17) is 10.5 Å². The molecule has 0 aliphatic heterocycles. The van der Waals surface area contributed by atoms with Crippen molar-refractivity contribution >= 4 is 21.7 Å². The zero-order valence-electron chi connectivity index (χ0n) is 11.3. The lowest BCUT2D eigenvalue weighted by atomic mass is 9.99. The van der Waals surface area contributed by atoms with Crippen molar-refractivity contribution in [3.63, 3.8) is 0 Å². The molecule has 102 valence electrons. The number of nitrogens with one attached hydrogen (secondary N) is 1. The van der Waals surface area contributed by atoms with E-state index >= 15 is 0 Å². The summed E-state index contributed by atoms with van der Waals surface area (Å²) in [4.78, 5) is 0. The van der Waals surface area contributed by atoms with Gasteiger partial charge in [0.2, 0.25) is 0 Å². The third-order valence-corrected chi connectivity index (χ3v) is 3.44. The molecule has 5 heteroatoms. The second kappa shape index (κ2) is 5.65. The van der Waals surface area contributed by atoms with E-state index in [2.05, 4.69) is 40.0 Å². The zero-order valence-corrected chi connectivity index (χ0v) is 12.9. The van der Waals surface area contributed by atoms with Crippen molar-refractivity contribution in [1.82, 2.24) is 10.2 Å². The molecule has 19 heavy (non-hydrogen) atoms. The number of halogens is 1. The Bertz CT molecular complexity index is 578. The maximum absolute atomic E-state index is 5.96. The highest BCUT2D eigenvalue weighted by Crippen LogP contribution is 2.35. The summed E-state index contributed by atoms with van der Waals surface area (Å²) in [6.45, 7) is 4.32. The third kappa shape index (κ3) is 2.92. The van der Waals surface area contributed by atoms with Crippen LogP contribution in [0.2, 0.25) is 0 Å². The van der Waals surface area contributed by atoms with Crippen LogP contribution >= 0.6 is 15.9 Å². The number of hydrogen-bond acceptors (Lipinski definition) is 3. The van der Waals surface area contributed by atoms with Crippen LogP contribution in [0.5, 0.6) is 5.75 Å². The van der Waals surface area contributed by atoms with Crippen molar-refractivity contribution in [3.05, 3.63) is 28.2 Å². The average molecular weight is 324 g/mol. The molecule has 2 aromatic rings. The second-order valence-electron chi connectivity index (χ2n) is 4.90. The average Bonchev–Trinajstić information content (AvgIpc) is 2.70. The molecule has 4 nitrogen and oxygen atoms in total. The summed E-state index contributed by atoms with van der Waals surface area (Å²) in [5, 5.41) is 7.15. The van der Waals surface area contributed by atoms with E-state index in [1.54, 1.807) is 7.11 Å². The molecule has 0 saturated heterocycles. The van der Waals surface area contributed by atoms with Crippen molar-refractivity contribution in [3.8, 4) is 17.0 Å². The maximum Gasteiger partial charge on any atom is 0.149 e. The van der Waals surface area contributed by atoms with Crippen LogP contribution in [-0.2, 0) is 6.42 Å². The fourth-order valence-electron chi connectivity index (χ4n) is 2.09. The Morgan fingerprint density at radius 3 is 2.79 bits per heavy atom. The van der Waals surface area contributed by atoms with Gasteiger partial charge < -0.3 is 10.5 Å². The Kier molecular flexibility index (Phi) is 4.14. The predicted molar refractivity (Wildman–Crippen MR) is 81.2 cm³/mol. The summed E-state index contributed by atoms with van der Waals surface area (Å²) in [7, 11) is 1.66. The summed E-state index contributed by atoms with van der Waals surface area (Å²) >= 11 is 3.44. The number of rotatable bonds is 4. The molecule has 1 aromatic carbocycles. The van der Waals surface area contributed by atoms with Gasteiger partial charge in [0.15, 0.2) is 0 Å². The van der Waals surface area contributed by atoms with Crippen LogP contribution in [0.15, 0.2) is 22.7 Å². The zero-order chi connectivity index (χ0) is 14.0. The predicted octanol–water partition coefficient (Wildman–Crippen LogP) is 3.63. The molecule has 2 rings (SSSR count). The Morgan fingerprint density at radius 2 is 2.16 bits per heavy atom. The number of nitrogens with zero attached hydrogens (tertiary/aromatic N) is 1. The molecule has 0 atom stereocenters. The topological polar surface area (TPSA) is 63.9 Å².